The van der Waals surface area contributed by atoms with Crippen molar-refractivity contribution in [3.05, 3.63) is 84.4 Å². The molecule has 0 unspecified atom stereocenters. The number of hydrazone groups is 1. The Hall–Kier alpha value is -3.30. The number of amides is 1. The molecule has 7 nitrogen and oxygen atoms in total. The van der Waals surface area contributed by atoms with Crippen molar-refractivity contribution in [3.63, 3.8) is 0 Å². The molecule has 0 heterocycles. The van der Waals surface area contributed by atoms with E-state index in [0.717, 1.165) is 14.8 Å². The standard InChI is InChI=1S/C24H25N3O4S2/c1-3-31-21-13-11-20(12-14-21)27(33(29,30)23-7-5-4-6-8-23)18-24(28)26-25-17-19-9-15-22(32-2)16-10-19/h4-17H,3,18H2,1-2H3,(H,26,28)/b25-17-. The van der Waals surface area contributed by atoms with Gasteiger partial charge in [0.2, 0.25) is 0 Å². The zero-order chi connectivity index (χ0) is 23.7. The molecule has 0 saturated heterocycles. The summed E-state index contributed by atoms with van der Waals surface area (Å²) in [4.78, 5) is 13.8. The van der Waals surface area contributed by atoms with Crippen molar-refractivity contribution in [2.45, 2.75) is 16.7 Å². The van der Waals surface area contributed by atoms with Gasteiger partial charge in [-0.25, -0.2) is 13.8 Å². The van der Waals surface area contributed by atoms with Gasteiger partial charge >= 0.3 is 0 Å². The van der Waals surface area contributed by atoms with E-state index in [1.165, 1.54) is 18.3 Å². The van der Waals surface area contributed by atoms with Crippen molar-refractivity contribution in [2.75, 3.05) is 23.7 Å². The molecule has 172 valence electrons. The van der Waals surface area contributed by atoms with Gasteiger partial charge in [0.25, 0.3) is 15.9 Å². The maximum absolute atomic E-state index is 13.3. The van der Waals surface area contributed by atoms with Crippen molar-refractivity contribution in [2.24, 2.45) is 5.10 Å². The summed E-state index contributed by atoms with van der Waals surface area (Å²) in [6, 6.07) is 22.2. The highest BCUT2D eigenvalue weighted by molar-refractivity contribution is 7.98. The number of carbonyl (C=O) groups excluding carboxylic acids is 1. The lowest BCUT2D eigenvalue weighted by atomic mass is 10.2. The third-order valence-corrected chi connectivity index (χ3v) is 7.10. The van der Waals surface area contributed by atoms with Gasteiger partial charge in [-0.3, -0.25) is 9.10 Å². The highest BCUT2D eigenvalue weighted by atomic mass is 32.2. The minimum absolute atomic E-state index is 0.0871. The van der Waals surface area contributed by atoms with Gasteiger partial charge in [0.05, 0.1) is 23.4 Å². The lowest BCUT2D eigenvalue weighted by Crippen LogP contribution is -2.39. The molecule has 0 atom stereocenters. The lowest BCUT2D eigenvalue weighted by molar-refractivity contribution is -0.119. The predicted octanol–water partition coefficient (Wildman–Crippen LogP) is 4.15. The van der Waals surface area contributed by atoms with E-state index in [1.54, 1.807) is 54.2 Å². The molecule has 0 aliphatic heterocycles. The summed E-state index contributed by atoms with van der Waals surface area (Å²) in [7, 11) is -3.98. The molecule has 1 amide bonds. The fourth-order valence-corrected chi connectivity index (χ4v) is 4.79. The number of sulfonamides is 1. The summed E-state index contributed by atoms with van der Waals surface area (Å²) >= 11 is 1.63. The summed E-state index contributed by atoms with van der Waals surface area (Å²) in [5.74, 6) is 0.0419. The van der Waals surface area contributed by atoms with Crippen LogP contribution in [-0.4, -0.2) is 39.9 Å². The van der Waals surface area contributed by atoms with Gasteiger partial charge in [0.1, 0.15) is 12.3 Å². The van der Waals surface area contributed by atoms with Crippen LogP contribution in [0.1, 0.15) is 12.5 Å². The molecular formula is C24H25N3O4S2. The number of anilines is 1. The molecule has 0 spiro atoms. The Bertz CT molecular complexity index is 1180. The van der Waals surface area contributed by atoms with E-state index >= 15 is 0 Å². The van der Waals surface area contributed by atoms with Crippen LogP contribution in [0.3, 0.4) is 0 Å². The topological polar surface area (TPSA) is 88.1 Å². The second kappa shape index (κ2) is 11.5. The fourth-order valence-electron chi connectivity index (χ4n) is 2.94. The molecular weight excluding hydrogens is 458 g/mol. The van der Waals surface area contributed by atoms with Crippen LogP contribution in [0, 0.1) is 0 Å². The summed E-state index contributed by atoms with van der Waals surface area (Å²) < 4.78 is 33.1. The molecule has 3 aromatic rings. The summed E-state index contributed by atoms with van der Waals surface area (Å²) in [5.41, 5.74) is 3.56. The van der Waals surface area contributed by atoms with Crippen molar-refractivity contribution in [1.29, 1.82) is 0 Å². The third-order valence-electron chi connectivity index (χ3n) is 4.57. The molecule has 0 saturated carbocycles. The average Bonchev–Trinajstić information content (AvgIpc) is 2.84. The number of hydrogen-bond acceptors (Lipinski definition) is 6. The van der Waals surface area contributed by atoms with Gasteiger partial charge < -0.3 is 4.74 Å². The molecule has 0 fully saturated rings. The normalized spacial score (nSPS) is 11.3. The highest BCUT2D eigenvalue weighted by Crippen LogP contribution is 2.25. The molecule has 3 rings (SSSR count). The Labute approximate surface area is 198 Å². The van der Waals surface area contributed by atoms with E-state index < -0.39 is 22.5 Å². The number of rotatable bonds is 10. The van der Waals surface area contributed by atoms with Crippen LogP contribution in [-0.2, 0) is 14.8 Å². The molecule has 0 bridgehead atoms. The van der Waals surface area contributed by atoms with Crippen molar-refractivity contribution >= 4 is 39.6 Å². The van der Waals surface area contributed by atoms with Crippen molar-refractivity contribution in [3.8, 4) is 5.75 Å². The van der Waals surface area contributed by atoms with Crippen LogP contribution in [0.5, 0.6) is 5.75 Å². The first-order valence-corrected chi connectivity index (χ1v) is 12.9. The maximum atomic E-state index is 13.3. The molecule has 0 radical (unpaired) electrons. The smallest absolute Gasteiger partial charge is 0.264 e. The number of ether oxygens (including phenoxy) is 1. The van der Waals surface area contributed by atoms with Gasteiger partial charge in [0.15, 0.2) is 0 Å². The Kier molecular flexibility index (Phi) is 8.51. The van der Waals surface area contributed by atoms with Crippen LogP contribution in [0.25, 0.3) is 0 Å². The van der Waals surface area contributed by atoms with E-state index in [4.69, 9.17) is 4.74 Å². The van der Waals surface area contributed by atoms with E-state index in [0.29, 0.717) is 18.0 Å². The molecule has 33 heavy (non-hydrogen) atoms. The third kappa shape index (κ3) is 6.59. The second-order valence-corrected chi connectivity index (χ2v) is 9.56. The Morgan fingerprint density at radius 3 is 2.30 bits per heavy atom. The van der Waals surface area contributed by atoms with Gasteiger partial charge in [-0.1, -0.05) is 30.3 Å². The number of nitrogens with zero attached hydrogens (tertiary/aromatic N) is 2. The molecule has 0 aromatic heterocycles. The monoisotopic (exact) mass is 483 g/mol. The molecule has 9 heteroatoms. The summed E-state index contributed by atoms with van der Waals surface area (Å²) in [6.45, 7) is 1.92. The van der Waals surface area contributed by atoms with Gasteiger partial charge in [-0.05, 0) is 67.3 Å². The Morgan fingerprint density at radius 1 is 1.03 bits per heavy atom. The van der Waals surface area contributed by atoms with E-state index in [2.05, 4.69) is 10.5 Å². The fraction of sp³-hybridized carbons (Fsp3) is 0.167. The van der Waals surface area contributed by atoms with Crippen molar-refractivity contribution in [1.82, 2.24) is 5.43 Å². The van der Waals surface area contributed by atoms with Crippen LogP contribution in [0.2, 0.25) is 0 Å². The number of hydrogen-bond donors (Lipinski definition) is 1. The predicted molar refractivity (Wildman–Crippen MR) is 133 cm³/mol. The van der Waals surface area contributed by atoms with E-state index in [9.17, 15) is 13.2 Å². The van der Waals surface area contributed by atoms with Crippen molar-refractivity contribution < 1.29 is 17.9 Å². The molecule has 0 aliphatic rings. The zero-order valence-corrected chi connectivity index (χ0v) is 20.0. The largest absolute Gasteiger partial charge is 0.494 e. The quantitative estimate of drug-likeness (QED) is 0.266. The average molecular weight is 484 g/mol. The van der Waals surface area contributed by atoms with Gasteiger partial charge in [-0.15, -0.1) is 11.8 Å². The Balaban J connectivity index is 1.79. The summed E-state index contributed by atoms with van der Waals surface area (Å²) in [6.07, 6.45) is 3.50. The van der Waals surface area contributed by atoms with Crippen LogP contribution in [0.4, 0.5) is 5.69 Å². The first-order valence-electron chi connectivity index (χ1n) is 10.2. The maximum Gasteiger partial charge on any atom is 0.264 e. The zero-order valence-electron chi connectivity index (χ0n) is 18.3. The SMILES string of the molecule is CCOc1ccc(N(CC(=O)N/N=C\c2ccc(SC)cc2)S(=O)(=O)c2ccccc2)cc1. The van der Waals surface area contributed by atoms with Crippen LogP contribution in [0.15, 0.2) is 93.8 Å². The number of benzene rings is 3. The highest BCUT2D eigenvalue weighted by Gasteiger charge is 2.27. The molecule has 3 aromatic carbocycles. The molecule has 0 aliphatic carbocycles. The van der Waals surface area contributed by atoms with Crippen LogP contribution < -0.4 is 14.5 Å². The Morgan fingerprint density at radius 2 is 1.70 bits per heavy atom. The van der Waals surface area contributed by atoms with Gasteiger partial charge in [0, 0.05) is 4.90 Å². The van der Waals surface area contributed by atoms with E-state index in [-0.39, 0.29) is 4.90 Å². The number of carbonyl (C=O) groups is 1. The first-order chi connectivity index (χ1) is 15.9. The number of thioether (sulfide) groups is 1. The number of nitrogens with one attached hydrogen (secondary N) is 1. The second-order valence-electron chi connectivity index (χ2n) is 6.82. The first kappa shape index (κ1) is 24.3. The minimum atomic E-state index is -3.98. The minimum Gasteiger partial charge on any atom is -0.494 e. The van der Waals surface area contributed by atoms with Crippen LogP contribution >= 0.6 is 11.8 Å². The van der Waals surface area contributed by atoms with E-state index in [1.807, 2.05) is 37.4 Å². The lowest BCUT2D eigenvalue weighted by Gasteiger charge is -2.24. The van der Waals surface area contributed by atoms with Gasteiger partial charge in [-0.2, -0.15) is 5.10 Å². The molecule has 1 N–H and O–H groups in total. The summed E-state index contributed by atoms with van der Waals surface area (Å²) in [5, 5.41) is 3.96.